The van der Waals surface area contributed by atoms with Crippen molar-refractivity contribution in [2.24, 2.45) is 5.73 Å². The van der Waals surface area contributed by atoms with Crippen LogP contribution in [0.2, 0.25) is 0 Å². The van der Waals surface area contributed by atoms with Gasteiger partial charge < -0.3 is 10.5 Å². The van der Waals surface area contributed by atoms with Gasteiger partial charge in [-0.05, 0) is 12.5 Å². The summed E-state index contributed by atoms with van der Waals surface area (Å²) in [5, 5.41) is 0. The van der Waals surface area contributed by atoms with E-state index in [0.717, 1.165) is 0 Å². The zero-order valence-electron chi connectivity index (χ0n) is 8.83. The molecule has 0 aliphatic rings. The minimum atomic E-state index is -4.16. The molecular formula is C10H11F3N2OS. The highest BCUT2D eigenvalue weighted by molar-refractivity contribution is 7.80. The first-order valence-corrected chi connectivity index (χ1v) is 5.26. The molecule has 0 aliphatic carbocycles. The van der Waals surface area contributed by atoms with Crippen LogP contribution in [0.3, 0.4) is 0 Å². The molecule has 7 heteroatoms. The molecule has 0 amide bonds. The van der Waals surface area contributed by atoms with Crippen LogP contribution in [0.4, 0.5) is 13.2 Å². The number of nitrogens with zero attached hydrogens (tertiary/aromatic N) is 1. The molecule has 1 rings (SSSR count). The van der Waals surface area contributed by atoms with E-state index >= 15 is 0 Å². The topological polar surface area (TPSA) is 48.1 Å². The molecule has 3 nitrogen and oxygen atoms in total. The summed E-state index contributed by atoms with van der Waals surface area (Å²) in [5.74, 6) is 0.220. The maximum absolute atomic E-state index is 11.8. The normalized spacial score (nSPS) is 11.2. The molecule has 0 aromatic carbocycles. The molecule has 0 aliphatic heterocycles. The van der Waals surface area contributed by atoms with Crippen molar-refractivity contribution in [2.75, 3.05) is 6.61 Å². The number of hydrogen-bond donors (Lipinski definition) is 1. The first-order chi connectivity index (χ1) is 7.88. The lowest BCUT2D eigenvalue weighted by atomic mass is 10.3. The van der Waals surface area contributed by atoms with Crippen molar-refractivity contribution in [3.05, 3.63) is 23.9 Å². The zero-order chi connectivity index (χ0) is 12.9. The summed E-state index contributed by atoms with van der Waals surface area (Å²) in [6.45, 7) is -0.0483. The van der Waals surface area contributed by atoms with Crippen molar-refractivity contribution in [3.8, 4) is 5.88 Å². The van der Waals surface area contributed by atoms with Crippen molar-refractivity contribution >= 4 is 17.2 Å². The van der Waals surface area contributed by atoms with Gasteiger partial charge in [0, 0.05) is 12.5 Å². The van der Waals surface area contributed by atoms with Crippen molar-refractivity contribution in [1.29, 1.82) is 0 Å². The van der Waals surface area contributed by atoms with Crippen LogP contribution < -0.4 is 10.5 Å². The minimum Gasteiger partial charge on any atom is -0.478 e. The van der Waals surface area contributed by atoms with Crippen LogP contribution in [0.15, 0.2) is 18.2 Å². The summed E-state index contributed by atoms with van der Waals surface area (Å²) in [5.41, 5.74) is 5.74. The Hall–Kier alpha value is -1.37. The Labute approximate surface area is 102 Å². The Kier molecular flexibility index (Phi) is 4.68. The summed E-state index contributed by atoms with van der Waals surface area (Å²) in [6, 6.07) is 4.76. The summed E-state index contributed by atoms with van der Waals surface area (Å²) in [7, 11) is 0. The second-order valence-electron chi connectivity index (χ2n) is 3.29. The molecule has 0 unspecified atom stereocenters. The van der Waals surface area contributed by atoms with E-state index in [9.17, 15) is 13.2 Å². The van der Waals surface area contributed by atoms with E-state index in [1.54, 1.807) is 12.1 Å². The monoisotopic (exact) mass is 264 g/mol. The lowest BCUT2D eigenvalue weighted by Gasteiger charge is -2.08. The maximum Gasteiger partial charge on any atom is 0.389 e. The van der Waals surface area contributed by atoms with Gasteiger partial charge in [0.1, 0.15) is 10.7 Å². The van der Waals surface area contributed by atoms with E-state index in [1.165, 1.54) is 6.07 Å². The van der Waals surface area contributed by atoms with Crippen LogP contribution in [0.25, 0.3) is 0 Å². The highest BCUT2D eigenvalue weighted by atomic mass is 32.1. The highest BCUT2D eigenvalue weighted by Crippen LogP contribution is 2.21. The second kappa shape index (κ2) is 5.81. The number of rotatable bonds is 5. The van der Waals surface area contributed by atoms with Crippen molar-refractivity contribution in [2.45, 2.75) is 19.0 Å². The molecule has 17 heavy (non-hydrogen) atoms. The summed E-state index contributed by atoms with van der Waals surface area (Å²) < 4.78 is 40.6. The molecule has 0 atom stereocenters. The van der Waals surface area contributed by atoms with Gasteiger partial charge in [0.15, 0.2) is 0 Å². The molecule has 0 bridgehead atoms. The van der Waals surface area contributed by atoms with E-state index in [-0.39, 0.29) is 23.9 Å². The van der Waals surface area contributed by atoms with Crippen LogP contribution in [0.5, 0.6) is 5.88 Å². The smallest absolute Gasteiger partial charge is 0.389 e. The van der Waals surface area contributed by atoms with E-state index in [1.807, 2.05) is 0 Å². The number of halogens is 3. The molecule has 1 aromatic heterocycles. The fourth-order valence-electron chi connectivity index (χ4n) is 1.08. The van der Waals surface area contributed by atoms with Gasteiger partial charge >= 0.3 is 6.18 Å². The molecule has 0 saturated heterocycles. The van der Waals surface area contributed by atoms with Gasteiger partial charge in [-0.15, -0.1) is 0 Å². The average Bonchev–Trinajstić information content (AvgIpc) is 2.23. The lowest BCUT2D eigenvalue weighted by Crippen LogP contribution is -2.13. The number of nitrogens with two attached hydrogens (primary N) is 1. The summed E-state index contributed by atoms with van der Waals surface area (Å²) in [4.78, 5) is 4.05. The van der Waals surface area contributed by atoms with Crippen molar-refractivity contribution < 1.29 is 17.9 Å². The van der Waals surface area contributed by atoms with E-state index in [0.29, 0.717) is 5.69 Å². The van der Waals surface area contributed by atoms with Gasteiger partial charge in [0.2, 0.25) is 5.88 Å². The van der Waals surface area contributed by atoms with E-state index in [4.69, 9.17) is 22.7 Å². The number of hydrogen-bond acceptors (Lipinski definition) is 3. The van der Waals surface area contributed by atoms with E-state index < -0.39 is 12.6 Å². The predicted octanol–water partition coefficient (Wildman–Crippen LogP) is 2.44. The third-order valence-electron chi connectivity index (χ3n) is 1.83. The van der Waals surface area contributed by atoms with Gasteiger partial charge in [-0.3, -0.25) is 0 Å². The summed E-state index contributed by atoms with van der Waals surface area (Å²) in [6.07, 6.45) is -5.14. The van der Waals surface area contributed by atoms with Crippen LogP contribution in [0, 0.1) is 0 Å². The number of ether oxygens (including phenoxy) is 1. The lowest BCUT2D eigenvalue weighted by molar-refractivity contribution is -0.136. The largest absolute Gasteiger partial charge is 0.478 e. The molecule has 2 N–H and O–H groups in total. The number of thiocarbonyl (C=S) groups is 1. The molecule has 0 saturated carbocycles. The Bertz CT molecular complexity index is 395. The SMILES string of the molecule is NC(=S)c1cccc(OCCCC(F)(F)F)n1. The zero-order valence-corrected chi connectivity index (χ0v) is 9.64. The van der Waals surface area contributed by atoms with Crippen molar-refractivity contribution in [1.82, 2.24) is 4.98 Å². The minimum absolute atomic E-state index is 0.0483. The Balaban J connectivity index is 2.42. The van der Waals surface area contributed by atoms with Gasteiger partial charge in [0.25, 0.3) is 0 Å². The van der Waals surface area contributed by atoms with Crippen LogP contribution in [-0.4, -0.2) is 22.8 Å². The fourth-order valence-corrected chi connectivity index (χ4v) is 1.20. The second-order valence-corrected chi connectivity index (χ2v) is 3.73. The number of alkyl halides is 3. The Morgan fingerprint density at radius 1 is 1.41 bits per heavy atom. The molecular weight excluding hydrogens is 253 g/mol. The van der Waals surface area contributed by atoms with Crippen LogP contribution in [-0.2, 0) is 0 Å². The first kappa shape index (κ1) is 13.7. The number of pyridine rings is 1. The van der Waals surface area contributed by atoms with Crippen LogP contribution >= 0.6 is 12.2 Å². The van der Waals surface area contributed by atoms with Crippen molar-refractivity contribution in [3.63, 3.8) is 0 Å². The molecule has 1 heterocycles. The Morgan fingerprint density at radius 2 is 2.12 bits per heavy atom. The maximum atomic E-state index is 11.8. The predicted molar refractivity (Wildman–Crippen MR) is 60.9 cm³/mol. The number of aromatic nitrogens is 1. The third kappa shape index (κ3) is 5.48. The molecule has 0 spiro atoms. The van der Waals surface area contributed by atoms with Gasteiger partial charge in [-0.25, -0.2) is 4.98 Å². The Morgan fingerprint density at radius 3 is 2.71 bits per heavy atom. The molecule has 94 valence electrons. The first-order valence-electron chi connectivity index (χ1n) is 4.85. The average molecular weight is 264 g/mol. The standard InChI is InChI=1S/C10H11F3N2OS/c11-10(12,13)5-2-6-16-8-4-1-3-7(15-8)9(14)17/h1,3-4H,2,5-6H2,(H2,14,17). The highest BCUT2D eigenvalue weighted by Gasteiger charge is 2.26. The fraction of sp³-hybridized carbons (Fsp3) is 0.400. The van der Waals surface area contributed by atoms with Gasteiger partial charge in [0.05, 0.1) is 6.61 Å². The van der Waals surface area contributed by atoms with Gasteiger partial charge in [-0.1, -0.05) is 18.3 Å². The third-order valence-corrected chi connectivity index (χ3v) is 2.04. The molecule has 1 aromatic rings. The van der Waals surface area contributed by atoms with E-state index in [2.05, 4.69) is 4.98 Å². The molecule has 0 radical (unpaired) electrons. The summed E-state index contributed by atoms with van der Waals surface area (Å²) >= 11 is 4.72. The van der Waals surface area contributed by atoms with Crippen LogP contribution in [0.1, 0.15) is 18.5 Å². The quantitative estimate of drug-likeness (QED) is 0.655. The molecule has 0 fully saturated rings. The van der Waals surface area contributed by atoms with Gasteiger partial charge in [-0.2, -0.15) is 13.2 Å².